The van der Waals surface area contributed by atoms with Gasteiger partial charge < -0.3 is 15.4 Å². The number of hydrogen-bond donors (Lipinski definition) is 2. The van der Waals surface area contributed by atoms with E-state index in [0.717, 1.165) is 0 Å². The van der Waals surface area contributed by atoms with E-state index < -0.39 is 17.8 Å². The highest BCUT2D eigenvalue weighted by atomic mass is 32.1. The molecular formula is C19H16N4O5S. The summed E-state index contributed by atoms with van der Waals surface area (Å²) in [6.07, 6.45) is 3.98. The summed E-state index contributed by atoms with van der Waals surface area (Å²) in [6, 6.07) is 6.30. The summed E-state index contributed by atoms with van der Waals surface area (Å²) in [5.41, 5.74) is 1.41. The number of aliphatic imine (C=N–C) groups is 1. The van der Waals surface area contributed by atoms with Crippen LogP contribution in [0, 0.1) is 5.92 Å². The molecule has 1 aromatic heterocycles. The summed E-state index contributed by atoms with van der Waals surface area (Å²) < 4.78 is 4.62. The number of carbonyl (C=O) groups is 4. The SMILES string of the molecule is COC(=O)c1ccc(NC(=O)Cc2csc(NC(=O)C3C=CC(=O)N=C3)n2)cc1. The van der Waals surface area contributed by atoms with Crippen molar-refractivity contribution in [3.63, 3.8) is 0 Å². The third-order valence-corrected chi connectivity index (χ3v) is 4.63. The van der Waals surface area contributed by atoms with E-state index in [1.165, 1.54) is 36.8 Å². The average molecular weight is 412 g/mol. The standard InChI is InChI=1S/C19H16N4O5S/c1-28-18(27)11-2-5-13(6-3-11)21-16(25)8-14-10-29-19(22-14)23-17(26)12-4-7-15(24)20-9-12/h2-7,9-10,12H,8H2,1H3,(H,21,25)(H,22,23,26). The topological polar surface area (TPSA) is 127 Å². The lowest BCUT2D eigenvalue weighted by atomic mass is 10.1. The van der Waals surface area contributed by atoms with Crippen LogP contribution in [-0.2, 0) is 25.5 Å². The molecule has 0 radical (unpaired) electrons. The predicted molar refractivity (Wildman–Crippen MR) is 107 cm³/mol. The Morgan fingerprint density at radius 3 is 2.59 bits per heavy atom. The number of aromatic nitrogens is 1. The van der Waals surface area contributed by atoms with Crippen molar-refractivity contribution in [1.82, 2.24) is 4.98 Å². The van der Waals surface area contributed by atoms with Gasteiger partial charge in [-0.2, -0.15) is 0 Å². The zero-order valence-corrected chi connectivity index (χ0v) is 16.1. The van der Waals surface area contributed by atoms with Crippen molar-refractivity contribution in [3.8, 4) is 0 Å². The Bertz CT molecular complexity index is 994. The van der Waals surface area contributed by atoms with Gasteiger partial charge in [-0.05, 0) is 24.3 Å². The zero-order valence-electron chi connectivity index (χ0n) is 15.2. The van der Waals surface area contributed by atoms with Crippen LogP contribution in [0.2, 0.25) is 0 Å². The minimum Gasteiger partial charge on any atom is -0.465 e. The van der Waals surface area contributed by atoms with Crippen LogP contribution < -0.4 is 10.6 Å². The van der Waals surface area contributed by atoms with Gasteiger partial charge in [0.15, 0.2) is 5.13 Å². The van der Waals surface area contributed by atoms with Crippen LogP contribution in [0.5, 0.6) is 0 Å². The molecule has 1 unspecified atom stereocenters. The summed E-state index contributed by atoms with van der Waals surface area (Å²) in [6.45, 7) is 0. The van der Waals surface area contributed by atoms with Gasteiger partial charge in [0.05, 0.1) is 30.7 Å². The van der Waals surface area contributed by atoms with Crippen molar-refractivity contribution < 1.29 is 23.9 Å². The summed E-state index contributed by atoms with van der Waals surface area (Å²) in [4.78, 5) is 54.5. The van der Waals surface area contributed by atoms with Crippen LogP contribution in [0.4, 0.5) is 10.8 Å². The molecule has 29 heavy (non-hydrogen) atoms. The van der Waals surface area contributed by atoms with Crippen LogP contribution in [0.25, 0.3) is 0 Å². The molecule has 2 N–H and O–H groups in total. The molecule has 1 aliphatic heterocycles. The maximum absolute atomic E-state index is 12.2. The monoisotopic (exact) mass is 412 g/mol. The zero-order chi connectivity index (χ0) is 20.8. The van der Waals surface area contributed by atoms with E-state index in [1.54, 1.807) is 29.6 Å². The molecule has 3 rings (SSSR count). The van der Waals surface area contributed by atoms with Gasteiger partial charge in [0.25, 0.3) is 5.91 Å². The lowest BCUT2D eigenvalue weighted by Gasteiger charge is -2.08. The lowest BCUT2D eigenvalue weighted by molar-refractivity contribution is -0.117. The van der Waals surface area contributed by atoms with Crippen LogP contribution in [-0.4, -0.2) is 42.0 Å². The van der Waals surface area contributed by atoms with E-state index in [4.69, 9.17) is 0 Å². The normalized spacial score (nSPS) is 15.1. The molecule has 1 atom stereocenters. The van der Waals surface area contributed by atoms with Crippen molar-refractivity contribution >= 4 is 52.1 Å². The van der Waals surface area contributed by atoms with Crippen molar-refractivity contribution in [2.24, 2.45) is 10.9 Å². The van der Waals surface area contributed by atoms with Crippen LogP contribution in [0.15, 0.2) is 46.8 Å². The highest BCUT2D eigenvalue weighted by Crippen LogP contribution is 2.18. The van der Waals surface area contributed by atoms with Crippen LogP contribution >= 0.6 is 11.3 Å². The Labute approximate surface area is 169 Å². The second-order valence-electron chi connectivity index (χ2n) is 5.93. The number of hydrogen-bond acceptors (Lipinski definition) is 7. The third kappa shape index (κ3) is 5.42. The molecule has 1 aromatic carbocycles. The van der Waals surface area contributed by atoms with Crippen molar-refractivity contribution in [3.05, 3.63) is 53.1 Å². The Balaban J connectivity index is 1.53. The van der Waals surface area contributed by atoms with Gasteiger partial charge in [-0.3, -0.25) is 14.4 Å². The fourth-order valence-electron chi connectivity index (χ4n) is 2.40. The van der Waals surface area contributed by atoms with E-state index in [-0.39, 0.29) is 18.2 Å². The number of amides is 3. The lowest BCUT2D eigenvalue weighted by Crippen LogP contribution is -2.24. The number of nitrogens with one attached hydrogen (secondary N) is 2. The number of dihydropyridines is 1. The van der Waals surface area contributed by atoms with E-state index in [2.05, 4.69) is 25.3 Å². The molecule has 3 amide bonds. The van der Waals surface area contributed by atoms with E-state index in [9.17, 15) is 19.2 Å². The van der Waals surface area contributed by atoms with Crippen molar-refractivity contribution in [2.75, 3.05) is 17.7 Å². The molecule has 0 aliphatic carbocycles. The molecular weight excluding hydrogens is 396 g/mol. The highest BCUT2D eigenvalue weighted by molar-refractivity contribution is 7.14. The summed E-state index contributed by atoms with van der Waals surface area (Å²) in [7, 11) is 1.29. The first kappa shape index (κ1) is 20.1. The Kier molecular flexibility index (Phi) is 6.25. The number of benzene rings is 1. The second kappa shape index (κ2) is 9.02. The summed E-state index contributed by atoms with van der Waals surface area (Å²) in [5.74, 6) is -2.16. The Hall–Kier alpha value is -3.66. The van der Waals surface area contributed by atoms with Crippen LogP contribution in [0.1, 0.15) is 16.1 Å². The number of esters is 1. The number of anilines is 2. The predicted octanol–water partition coefficient (Wildman–Crippen LogP) is 1.83. The minimum absolute atomic E-state index is 0.0183. The van der Waals surface area contributed by atoms with Gasteiger partial charge in [0, 0.05) is 23.4 Å². The van der Waals surface area contributed by atoms with E-state index in [1.807, 2.05) is 0 Å². The molecule has 9 nitrogen and oxygen atoms in total. The molecule has 0 fully saturated rings. The second-order valence-corrected chi connectivity index (χ2v) is 6.79. The molecule has 10 heteroatoms. The van der Waals surface area contributed by atoms with Gasteiger partial charge >= 0.3 is 5.97 Å². The largest absolute Gasteiger partial charge is 0.465 e. The number of nitrogens with zero attached hydrogens (tertiary/aromatic N) is 2. The van der Waals surface area contributed by atoms with Crippen LogP contribution in [0.3, 0.4) is 0 Å². The molecule has 2 heterocycles. The highest BCUT2D eigenvalue weighted by Gasteiger charge is 2.18. The fraction of sp³-hybridized carbons (Fsp3) is 0.158. The molecule has 0 bridgehead atoms. The molecule has 0 spiro atoms. The van der Waals surface area contributed by atoms with E-state index in [0.29, 0.717) is 22.1 Å². The maximum Gasteiger partial charge on any atom is 0.337 e. The van der Waals surface area contributed by atoms with Gasteiger partial charge in [-0.15, -0.1) is 11.3 Å². The van der Waals surface area contributed by atoms with Gasteiger partial charge in [0.1, 0.15) is 0 Å². The first-order chi connectivity index (χ1) is 13.9. The quantitative estimate of drug-likeness (QED) is 0.697. The molecule has 0 saturated carbocycles. The van der Waals surface area contributed by atoms with Crippen molar-refractivity contribution in [2.45, 2.75) is 6.42 Å². The molecule has 2 aromatic rings. The summed E-state index contributed by atoms with van der Waals surface area (Å²) >= 11 is 1.19. The number of carbonyl (C=O) groups excluding carboxylic acids is 4. The maximum atomic E-state index is 12.2. The number of methoxy groups -OCH3 is 1. The number of ether oxygens (including phenoxy) is 1. The van der Waals surface area contributed by atoms with E-state index >= 15 is 0 Å². The Morgan fingerprint density at radius 1 is 1.17 bits per heavy atom. The smallest absolute Gasteiger partial charge is 0.337 e. The molecule has 1 aliphatic rings. The number of rotatable bonds is 6. The van der Waals surface area contributed by atoms with Gasteiger partial charge in [-0.25, -0.2) is 14.8 Å². The summed E-state index contributed by atoms with van der Waals surface area (Å²) in [5, 5.41) is 7.36. The Morgan fingerprint density at radius 2 is 1.93 bits per heavy atom. The average Bonchev–Trinajstić information content (AvgIpc) is 3.14. The van der Waals surface area contributed by atoms with Gasteiger partial charge in [0.2, 0.25) is 11.8 Å². The first-order valence-corrected chi connectivity index (χ1v) is 9.32. The molecule has 148 valence electrons. The molecule has 0 saturated heterocycles. The minimum atomic E-state index is -0.642. The number of thiazole rings is 1. The fourth-order valence-corrected chi connectivity index (χ4v) is 3.11. The first-order valence-electron chi connectivity index (χ1n) is 8.44. The van der Waals surface area contributed by atoms with Crippen molar-refractivity contribution in [1.29, 1.82) is 0 Å². The third-order valence-electron chi connectivity index (χ3n) is 3.82. The van der Waals surface area contributed by atoms with Gasteiger partial charge in [-0.1, -0.05) is 6.08 Å².